The average Bonchev–Trinajstić information content (AvgIpc) is 2.89. The molecule has 2 atom stereocenters. The number of ketones is 1. The predicted molar refractivity (Wildman–Crippen MR) is 133 cm³/mol. The number of carbonyl (C=O) groups excluding carboxylic acids is 3. The van der Waals surface area contributed by atoms with E-state index in [2.05, 4.69) is 5.32 Å². The van der Waals surface area contributed by atoms with E-state index in [9.17, 15) is 29.1 Å². The van der Waals surface area contributed by atoms with Crippen LogP contribution in [0.4, 0.5) is 0 Å². The molecule has 3 heterocycles. The van der Waals surface area contributed by atoms with Crippen molar-refractivity contribution in [3.8, 4) is 5.75 Å². The number of β-lactam (4-membered cyclic amide) rings is 1. The van der Waals surface area contributed by atoms with Crippen LogP contribution in [0.5, 0.6) is 5.75 Å². The minimum Gasteiger partial charge on any atom is -0.489 e. The van der Waals surface area contributed by atoms with Crippen LogP contribution in [0.3, 0.4) is 0 Å². The van der Waals surface area contributed by atoms with Gasteiger partial charge in [-0.3, -0.25) is 19.3 Å². The first-order chi connectivity index (χ1) is 17.8. The number of benzene rings is 2. The number of rotatable bonds is 8. The molecule has 2 aliphatic heterocycles. The number of ether oxygens (including phenoxy) is 1. The van der Waals surface area contributed by atoms with Gasteiger partial charge in [-0.1, -0.05) is 30.3 Å². The first-order valence-corrected chi connectivity index (χ1v) is 12.3. The second kappa shape index (κ2) is 9.94. The standard InChI is InChI=1S/C26H20N2O8S/c29-19(10-14-4-2-1-3-5-14)27-21-24(32)28-22(23(31)26(33)34)16(13-37-25(21)28)12-35-17-8-6-15-7-9-20(30)36-18(15)11-17/h1-9,11,21,25H,10,12-13H2,(H,27,29)(H,33,34). The average molecular weight is 521 g/mol. The normalized spacial score (nSPS) is 18.7. The molecule has 0 spiro atoms. The molecule has 0 bridgehead atoms. The summed E-state index contributed by atoms with van der Waals surface area (Å²) in [7, 11) is 0. The summed E-state index contributed by atoms with van der Waals surface area (Å²) in [6.45, 7) is -0.161. The highest BCUT2D eigenvalue weighted by atomic mass is 32.2. The third kappa shape index (κ3) is 4.85. The third-order valence-corrected chi connectivity index (χ3v) is 7.33. The maximum absolute atomic E-state index is 13.0. The molecule has 2 N–H and O–H groups in total. The fourth-order valence-corrected chi connectivity index (χ4v) is 5.55. The number of carboxylic acids is 1. The van der Waals surface area contributed by atoms with Crippen molar-refractivity contribution in [3.63, 3.8) is 0 Å². The Labute approximate surface area is 213 Å². The van der Waals surface area contributed by atoms with E-state index in [1.165, 1.54) is 23.9 Å². The number of aliphatic carboxylic acids is 1. The molecule has 5 rings (SSSR count). The minimum atomic E-state index is -1.70. The molecule has 37 heavy (non-hydrogen) atoms. The quantitative estimate of drug-likeness (QED) is 0.258. The van der Waals surface area contributed by atoms with E-state index in [1.807, 2.05) is 18.2 Å². The predicted octanol–water partition coefficient (Wildman–Crippen LogP) is 1.72. The number of carboxylic acid groups (broad SMARTS) is 1. The molecule has 10 nitrogen and oxygen atoms in total. The van der Waals surface area contributed by atoms with Crippen LogP contribution in [0.1, 0.15) is 5.56 Å². The third-order valence-electron chi connectivity index (χ3n) is 5.99. The van der Waals surface area contributed by atoms with Crippen LogP contribution in [0, 0.1) is 0 Å². The highest BCUT2D eigenvalue weighted by Crippen LogP contribution is 2.40. The number of Topliss-reactive ketones (excluding diaryl/α,β-unsaturated/α-hetero) is 1. The summed E-state index contributed by atoms with van der Waals surface area (Å²) in [5, 5.41) is 12.2. The van der Waals surface area contributed by atoms with Crippen LogP contribution in [0.15, 0.2) is 81.1 Å². The van der Waals surface area contributed by atoms with Gasteiger partial charge in [-0.25, -0.2) is 9.59 Å². The van der Waals surface area contributed by atoms with Gasteiger partial charge in [0.05, 0.1) is 6.42 Å². The van der Waals surface area contributed by atoms with Crippen molar-refractivity contribution in [1.29, 1.82) is 0 Å². The van der Waals surface area contributed by atoms with Crippen molar-refractivity contribution in [2.24, 2.45) is 0 Å². The number of hydrogen-bond donors (Lipinski definition) is 2. The van der Waals surface area contributed by atoms with Gasteiger partial charge < -0.3 is 19.6 Å². The molecule has 3 aromatic rings. The topological polar surface area (TPSA) is 143 Å². The van der Waals surface area contributed by atoms with Gasteiger partial charge in [0.1, 0.15) is 35.1 Å². The van der Waals surface area contributed by atoms with Crippen LogP contribution in [0.25, 0.3) is 11.0 Å². The summed E-state index contributed by atoms with van der Waals surface area (Å²) in [6.07, 6.45) is 0.0870. The number of nitrogens with zero attached hydrogens (tertiary/aromatic N) is 1. The Morgan fingerprint density at radius 1 is 1.08 bits per heavy atom. The van der Waals surface area contributed by atoms with Crippen molar-refractivity contribution in [1.82, 2.24) is 10.2 Å². The van der Waals surface area contributed by atoms with Crippen LogP contribution in [-0.2, 0) is 25.6 Å². The Bertz CT molecular complexity index is 1510. The number of hydrogen-bond acceptors (Lipinski definition) is 8. The molecule has 1 fully saturated rings. The number of nitrogens with one attached hydrogen (secondary N) is 1. The first kappa shape index (κ1) is 24.3. The van der Waals surface area contributed by atoms with Crippen molar-refractivity contribution in [2.45, 2.75) is 17.8 Å². The Balaban J connectivity index is 1.33. The van der Waals surface area contributed by atoms with Gasteiger partial charge in [0, 0.05) is 28.8 Å². The summed E-state index contributed by atoms with van der Waals surface area (Å²) in [5.41, 5.74) is 0.658. The van der Waals surface area contributed by atoms with Crippen molar-refractivity contribution >= 4 is 46.3 Å². The Morgan fingerprint density at radius 2 is 1.84 bits per heavy atom. The van der Waals surface area contributed by atoms with Gasteiger partial charge >= 0.3 is 11.6 Å². The highest BCUT2D eigenvalue weighted by Gasteiger charge is 2.54. The Morgan fingerprint density at radius 3 is 2.59 bits per heavy atom. The molecule has 1 aromatic heterocycles. The highest BCUT2D eigenvalue weighted by molar-refractivity contribution is 8.00. The SMILES string of the molecule is O=C(Cc1ccccc1)NC1C(=O)N2C(C(=O)C(=O)O)=C(COc3ccc4ccc(=O)oc4c3)CSC12. The largest absolute Gasteiger partial charge is 0.489 e. The van der Waals surface area contributed by atoms with Gasteiger partial charge in [-0.2, -0.15) is 0 Å². The Hall–Kier alpha value is -4.38. The van der Waals surface area contributed by atoms with Gasteiger partial charge in [0.25, 0.3) is 11.7 Å². The van der Waals surface area contributed by atoms with Crippen LogP contribution < -0.4 is 15.7 Å². The molecule has 0 radical (unpaired) electrons. The summed E-state index contributed by atoms with van der Waals surface area (Å²) in [6, 6.07) is 15.9. The van der Waals surface area contributed by atoms with Crippen molar-refractivity contribution in [3.05, 3.63) is 87.9 Å². The second-order valence-electron chi connectivity index (χ2n) is 8.45. The van der Waals surface area contributed by atoms with Gasteiger partial charge in [-0.15, -0.1) is 11.8 Å². The zero-order chi connectivity index (χ0) is 26.1. The van der Waals surface area contributed by atoms with Gasteiger partial charge in [-0.05, 0) is 23.8 Å². The van der Waals surface area contributed by atoms with E-state index in [0.29, 0.717) is 22.3 Å². The summed E-state index contributed by atoms with van der Waals surface area (Å²) in [5.74, 6) is -3.28. The molecule has 0 aliphatic carbocycles. The lowest BCUT2D eigenvalue weighted by atomic mass is 10.00. The molecule has 11 heteroatoms. The minimum absolute atomic E-state index is 0.0870. The van der Waals surface area contributed by atoms with E-state index in [1.54, 1.807) is 30.3 Å². The molecule has 2 unspecified atom stereocenters. The second-order valence-corrected chi connectivity index (χ2v) is 9.55. The van der Waals surface area contributed by atoms with E-state index in [0.717, 1.165) is 10.5 Å². The molecule has 188 valence electrons. The smallest absolute Gasteiger partial charge is 0.378 e. The van der Waals surface area contributed by atoms with Crippen LogP contribution in [0.2, 0.25) is 0 Å². The summed E-state index contributed by atoms with van der Waals surface area (Å²) in [4.78, 5) is 62.2. The van der Waals surface area contributed by atoms with Crippen molar-refractivity contribution in [2.75, 3.05) is 12.4 Å². The monoisotopic (exact) mass is 520 g/mol. The van der Waals surface area contributed by atoms with E-state index < -0.39 is 34.7 Å². The van der Waals surface area contributed by atoms with Crippen LogP contribution in [-0.4, -0.2) is 57.3 Å². The number of carbonyl (C=O) groups is 4. The number of fused-ring (bicyclic) bond motifs is 2. The molecular formula is C26H20N2O8S. The zero-order valence-corrected chi connectivity index (χ0v) is 20.0. The van der Waals surface area contributed by atoms with Gasteiger partial charge in [0.2, 0.25) is 5.91 Å². The van der Waals surface area contributed by atoms with Crippen LogP contribution >= 0.6 is 11.8 Å². The lowest BCUT2D eigenvalue weighted by Crippen LogP contribution is -2.71. The number of amides is 2. The summed E-state index contributed by atoms with van der Waals surface area (Å²) >= 11 is 1.30. The molecular weight excluding hydrogens is 500 g/mol. The fourth-order valence-electron chi connectivity index (χ4n) is 4.22. The van der Waals surface area contributed by atoms with E-state index in [-0.39, 0.29) is 30.4 Å². The first-order valence-electron chi connectivity index (χ1n) is 11.3. The Kier molecular flexibility index (Phi) is 6.53. The van der Waals surface area contributed by atoms with Crippen molar-refractivity contribution < 1.29 is 33.4 Å². The van der Waals surface area contributed by atoms with Gasteiger partial charge in [0.15, 0.2) is 0 Å². The maximum atomic E-state index is 13.0. The lowest BCUT2D eigenvalue weighted by Gasteiger charge is -2.49. The zero-order valence-electron chi connectivity index (χ0n) is 19.2. The lowest BCUT2D eigenvalue weighted by molar-refractivity contribution is -0.152. The fraction of sp³-hybridized carbons (Fsp3) is 0.192. The van der Waals surface area contributed by atoms with E-state index >= 15 is 0 Å². The van der Waals surface area contributed by atoms with E-state index in [4.69, 9.17) is 9.15 Å². The molecule has 2 aromatic carbocycles. The number of thioether (sulfide) groups is 1. The molecule has 0 saturated carbocycles. The molecule has 2 amide bonds. The molecule has 1 saturated heterocycles. The molecule has 2 aliphatic rings. The maximum Gasteiger partial charge on any atom is 0.378 e. The summed E-state index contributed by atoms with van der Waals surface area (Å²) < 4.78 is 10.9.